The summed E-state index contributed by atoms with van der Waals surface area (Å²) in [6, 6.07) is 5.88. The Bertz CT molecular complexity index is 650. The van der Waals surface area contributed by atoms with Gasteiger partial charge in [0.2, 0.25) is 0 Å². The second-order valence-corrected chi connectivity index (χ2v) is 7.50. The zero-order chi connectivity index (χ0) is 14.1. The smallest absolute Gasteiger partial charge is 0.263 e. The van der Waals surface area contributed by atoms with Crippen LogP contribution in [-0.4, -0.2) is 23.5 Å². The van der Waals surface area contributed by atoms with Gasteiger partial charge in [-0.25, -0.2) is 0 Å². The fourth-order valence-electron chi connectivity index (χ4n) is 2.39. The van der Waals surface area contributed by atoms with Gasteiger partial charge in [0.1, 0.15) is 4.88 Å². The minimum Gasteiger partial charge on any atom is -0.397 e. The van der Waals surface area contributed by atoms with E-state index < -0.39 is 0 Å². The predicted molar refractivity (Wildman–Crippen MR) is 89.1 cm³/mol. The molecule has 0 atom stereocenters. The van der Waals surface area contributed by atoms with Crippen molar-refractivity contribution in [1.29, 1.82) is 0 Å². The number of nitrogens with one attached hydrogen (secondary N) is 1. The maximum Gasteiger partial charge on any atom is 0.263 e. The standard InChI is InChI=1S/C14H15ClN2OS2/c15-9-2-1-3-10-11(9)12(16)13(20-10)14(18)17-8-4-6-19-7-5-8/h1-3,8H,4-7,16H2,(H,17,18). The highest BCUT2D eigenvalue weighted by molar-refractivity contribution is 7.99. The number of fused-ring (bicyclic) bond motifs is 1. The predicted octanol–water partition coefficient (Wildman–Crippen LogP) is 3.76. The fourth-order valence-corrected chi connectivity index (χ4v) is 4.88. The van der Waals surface area contributed by atoms with E-state index in [0.717, 1.165) is 34.4 Å². The first-order valence-corrected chi connectivity index (χ1v) is 8.87. The Kier molecular flexibility index (Phi) is 4.10. The van der Waals surface area contributed by atoms with E-state index in [9.17, 15) is 4.79 Å². The van der Waals surface area contributed by atoms with Crippen molar-refractivity contribution in [3.8, 4) is 0 Å². The number of thiophene rings is 1. The lowest BCUT2D eigenvalue weighted by molar-refractivity contribution is 0.0940. The van der Waals surface area contributed by atoms with E-state index in [4.69, 9.17) is 17.3 Å². The summed E-state index contributed by atoms with van der Waals surface area (Å²) in [6.45, 7) is 0. The van der Waals surface area contributed by atoms with E-state index in [0.29, 0.717) is 15.6 Å². The largest absolute Gasteiger partial charge is 0.397 e. The molecule has 106 valence electrons. The second-order valence-electron chi connectivity index (χ2n) is 4.82. The molecule has 0 aliphatic carbocycles. The third-order valence-corrected chi connectivity index (χ3v) is 6.00. The molecule has 0 radical (unpaired) electrons. The molecule has 0 spiro atoms. The molecule has 1 aromatic heterocycles. The number of nitrogens with two attached hydrogens (primary N) is 1. The number of nitrogen functional groups attached to an aromatic ring is 1. The van der Waals surface area contributed by atoms with Gasteiger partial charge in [0.25, 0.3) is 5.91 Å². The molecule has 1 saturated heterocycles. The maximum absolute atomic E-state index is 12.4. The number of carbonyl (C=O) groups excluding carboxylic acids is 1. The SMILES string of the molecule is Nc1c(C(=O)NC2CCSCC2)sc2cccc(Cl)c12. The molecule has 3 nitrogen and oxygen atoms in total. The van der Waals surface area contributed by atoms with E-state index in [1.807, 2.05) is 23.9 Å². The van der Waals surface area contributed by atoms with E-state index >= 15 is 0 Å². The zero-order valence-corrected chi connectivity index (χ0v) is 13.2. The van der Waals surface area contributed by atoms with Crippen LogP contribution in [0.3, 0.4) is 0 Å². The van der Waals surface area contributed by atoms with Gasteiger partial charge in [-0.3, -0.25) is 4.79 Å². The van der Waals surface area contributed by atoms with Crippen LogP contribution in [0.1, 0.15) is 22.5 Å². The van der Waals surface area contributed by atoms with Gasteiger partial charge >= 0.3 is 0 Å². The van der Waals surface area contributed by atoms with Crippen LogP contribution in [0.15, 0.2) is 18.2 Å². The van der Waals surface area contributed by atoms with Crippen molar-refractivity contribution in [2.75, 3.05) is 17.2 Å². The molecular formula is C14H15ClN2OS2. The maximum atomic E-state index is 12.4. The number of anilines is 1. The van der Waals surface area contributed by atoms with Crippen LogP contribution in [0, 0.1) is 0 Å². The van der Waals surface area contributed by atoms with Crippen molar-refractivity contribution in [2.45, 2.75) is 18.9 Å². The number of carbonyl (C=O) groups is 1. The fraction of sp³-hybridized carbons (Fsp3) is 0.357. The topological polar surface area (TPSA) is 55.1 Å². The van der Waals surface area contributed by atoms with Crippen LogP contribution >= 0.6 is 34.7 Å². The van der Waals surface area contributed by atoms with Crippen LogP contribution in [0.4, 0.5) is 5.69 Å². The van der Waals surface area contributed by atoms with Gasteiger partial charge in [-0.05, 0) is 36.5 Å². The third-order valence-electron chi connectivity index (χ3n) is 3.46. The molecule has 0 saturated carbocycles. The van der Waals surface area contributed by atoms with Gasteiger partial charge in [0.05, 0.1) is 10.7 Å². The molecule has 1 aliphatic rings. The van der Waals surface area contributed by atoms with Gasteiger partial charge in [-0.15, -0.1) is 11.3 Å². The number of rotatable bonds is 2. The van der Waals surface area contributed by atoms with Gasteiger partial charge < -0.3 is 11.1 Å². The van der Waals surface area contributed by atoms with Crippen molar-refractivity contribution in [3.05, 3.63) is 28.1 Å². The number of benzene rings is 1. The van der Waals surface area contributed by atoms with Crippen LogP contribution in [0.2, 0.25) is 5.02 Å². The van der Waals surface area contributed by atoms with Crippen molar-refractivity contribution < 1.29 is 4.79 Å². The highest BCUT2D eigenvalue weighted by Gasteiger charge is 2.21. The van der Waals surface area contributed by atoms with Crippen LogP contribution in [0.5, 0.6) is 0 Å². The Hall–Kier alpha value is -0.910. The molecular weight excluding hydrogens is 312 g/mol. The van der Waals surface area contributed by atoms with Crippen molar-refractivity contribution in [1.82, 2.24) is 5.32 Å². The first-order valence-electron chi connectivity index (χ1n) is 6.52. The molecule has 0 bridgehead atoms. The summed E-state index contributed by atoms with van der Waals surface area (Å²) in [5.41, 5.74) is 6.61. The van der Waals surface area contributed by atoms with Crippen LogP contribution < -0.4 is 11.1 Å². The molecule has 0 unspecified atom stereocenters. The molecule has 3 rings (SSSR count). The molecule has 3 N–H and O–H groups in total. The average Bonchev–Trinajstić information content (AvgIpc) is 2.79. The van der Waals surface area contributed by atoms with E-state index in [1.54, 1.807) is 6.07 Å². The van der Waals surface area contributed by atoms with Crippen molar-refractivity contribution >= 4 is 56.4 Å². The van der Waals surface area contributed by atoms with Gasteiger partial charge in [0.15, 0.2) is 0 Å². The zero-order valence-electron chi connectivity index (χ0n) is 10.8. The summed E-state index contributed by atoms with van der Waals surface area (Å²) in [7, 11) is 0. The van der Waals surface area contributed by atoms with Crippen LogP contribution in [-0.2, 0) is 0 Å². The molecule has 1 aromatic carbocycles. The molecule has 1 amide bonds. The van der Waals surface area contributed by atoms with Gasteiger partial charge in [-0.2, -0.15) is 11.8 Å². The summed E-state index contributed by atoms with van der Waals surface area (Å²) < 4.78 is 0.958. The number of hydrogen-bond acceptors (Lipinski definition) is 4. The molecule has 20 heavy (non-hydrogen) atoms. The molecule has 6 heteroatoms. The molecule has 2 aromatic rings. The van der Waals surface area contributed by atoms with Gasteiger partial charge in [-0.1, -0.05) is 17.7 Å². The lowest BCUT2D eigenvalue weighted by Crippen LogP contribution is -2.37. The lowest BCUT2D eigenvalue weighted by Gasteiger charge is -2.22. The quantitative estimate of drug-likeness (QED) is 0.883. The summed E-state index contributed by atoms with van der Waals surface area (Å²) in [4.78, 5) is 13.0. The molecule has 1 aliphatic heterocycles. The Balaban J connectivity index is 1.87. The Morgan fingerprint density at radius 3 is 2.80 bits per heavy atom. The minimum absolute atomic E-state index is 0.0725. The normalized spacial score (nSPS) is 16.4. The van der Waals surface area contributed by atoms with Gasteiger partial charge in [0, 0.05) is 16.1 Å². The number of hydrogen-bond donors (Lipinski definition) is 2. The Morgan fingerprint density at radius 1 is 1.35 bits per heavy atom. The Morgan fingerprint density at radius 2 is 2.10 bits per heavy atom. The monoisotopic (exact) mass is 326 g/mol. The van der Waals surface area contributed by atoms with E-state index in [2.05, 4.69) is 5.32 Å². The second kappa shape index (κ2) is 5.84. The summed E-state index contributed by atoms with van der Waals surface area (Å²) in [6.07, 6.45) is 2.06. The molecule has 1 fully saturated rings. The van der Waals surface area contributed by atoms with E-state index in [-0.39, 0.29) is 11.9 Å². The number of thioether (sulfide) groups is 1. The first-order chi connectivity index (χ1) is 9.66. The highest BCUT2D eigenvalue weighted by Crippen LogP contribution is 2.38. The average molecular weight is 327 g/mol. The summed E-state index contributed by atoms with van der Waals surface area (Å²) >= 11 is 9.51. The highest BCUT2D eigenvalue weighted by atomic mass is 35.5. The van der Waals surface area contributed by atoms with Crippen molar-refractivity contribution in [3.63, 3.8) is 0 Å². The van der Waals surface area contributed by atoms with Crippen molar-refractivity contribution in [2.24, 2.45) is 0 Å². The lowest BCUT2D eigenvalue weighted by atomic mass is 10.1. The summed E-state index contributed by atoms with van der Waals surface area (Å²) in [5, 5.41) is 4.49. The molecule has 2 heterocycles. The summed E-state index contributed by atoms with van der Waals surface area (Å²) in [5.74, 6) is 2.15. The first kappa shape index (κ1) is 14.0. The third kappa shape index (κ3) is 2.62. The van der Waals surface area contributed by atoms with E-state index in [1.165, 1.54) is 11.3 Å². The minimum atomic E-state index is -0.0725. The van der Waals surface area contributed by atoms with Crippen LogP contribution in [0.25, 0.3) is 10.1 Å². The number of halogens is 1. The Labute approximate surface area is 130 Å². The number of amides is 1.